The zero-order valence-electron chi connectivity index (χ0n) is 13.9. The Kier molecular flexibility index (Phi) is 3.80. The molecule has 2 heterocycles. The van der Waals surface area contributed by atoms with Crippen LogP contribution in [0.15, 0.2) is 36.4 Å². The largest absolute Gasteiger partial charge is 0.486 e. The number of hydrogen-bond donors (Lipinski definition) is 1. The van der Waals surface area contributed by atoms with Crippen LogP contribution in [0.25, 0.3) is 0 Å². The van der Waals surface area contributed by atoms with Crippen molar-refractivity contribution in [3.8, 4) is 11.5 Å². The Morgan fingerprint density at radius 3 is 2.64 bits per heavy atom. The van der Waals surface area contributed by atoms with Crippen molar-refractivity contribution in [3.63, 3.8) is 0 Å². The zero-order chi connectivity index (χ0) is 17.4. The smallest absolute Gasteiger partial charge is 0.255 e. The third-order valence-electron chi connectivity index (χ3n) is 4.42. The van der Waals surface area contributed by atoms with Gasteiger partial charge in [-0.05, 0) is 42.3 Å². The van der Waals surface area contributed by atoms with Crippen molar-refractivity contribution < 1.29 is 19.1 Å². The van der Waals surface area contributed by atoms with E-state index in [1.54, 1.807) is 36.1 Å². The molecule has 2 aromatic rings. The second-order valence-electron chi connectivity index (χ2n) is 6.08. The van der Waals surface area contributed by atoms with Gasteiger partial charge < -0.3 is 19.7 Å². The predicted octanol–water partition coefficient (Wildman–Crippen LogP) is 2.62. The van der Waals surface area contributed by atoms with Crippen LogP contribution in [0.4, 0.5) is 11.4 Å². The van der Waals surface area contributed by atoms with Gasteiger partial charge in [0.25, 0.3) is 5.91 Å². The quantitative estimate of drug-likeness (QED) is 0.914. The Morgan fingerprint density at radius 2 is 1.84 bits per heavy atom. The summed E-state index contributed by atoms with van der Waals surface area (Å²) < 4.78 is 11.0. The van der Waals surface area contributed by atoms with Crippen molar-refractivity contribution >= 4 is 23.2 Å². The van der Waals surface area contributed by atoms with Crippen molar-refractivity contribution in [1.82, 2.24) is 0 Å². The van der Waals surface area contributed by atoms with E-state index in [0.29, 0.717) is 42.5 Å². The SMILES string of the molecule is CC(=O)N1CCc2cc(C(=O)Nc3ccc4c(c3)OCCO4)ccc21. The number of hydrogen-bond acceptors (Lipinski definition) is 4. The number of rotatable bonds is 2. The molecule has 6 heteroatoms. The minimum atomic E-state index is -0.194. The fourth-order valence-corrected chi connectivity index (χ4v) is 3.19. The third-order valence-corrected chi connectivity index (χ3v) is 4.42. The molecule has 0 unspecified atom stereocenters. The zero-order valence-corrected chi connectivity index (χ0v) is 13.9. The molecular formula is C19H18N2O4. The minimum absolute atomic E-state index is 0.0206. The molecule has 2 amide bonds. The highest BCUT2D eigenvalue weighted by molar-refractivity contribution is 6.05. The first-order valence-electron chi connectivity index (χ1n) is 8.24. The van der Waals surface area contributed by atoms with Crippen LogP contribution in [0.2, 0.25) is 0 Å². The second kappa shape index (κ2) is 6.12. The Labute approximate surface area is 145 Å². The maximum atomic E-state index is 12.5. The monoisotopic (exact) mass is 338 g/mol. The highest BCUT2D eigenvalue weighted by Gasteiger charge is 2.23. The van der Waals surface area contributed by atoms with Crippen LogP contribution >= 0.6 is 0 Å². The van der Waals surface area contributed by atoms with E-state index >= 15 is 0 Å². The van der Waals surface area contributed by atoms with Gasteiger partial charge in [-0.2, -0.15) is 0 Å². The van der Waals surface area contributed by atoms with Crippen LogP contribution in [-0.2, 0) is 11.2 Å². The van der Waals surface area contributed by atoms with Gasteiger partial charge in [0.1, 0.15) is 13.2 Å². The molecule has 2 aliphatic rings. The molecular weight excluding hydrogens is 320 g/mol. The number of nitrogens with zero attached hydrogens (tertiary/aromatic N) is 1. The number of nitrogens with one attached hydrogen (secondary N) is 1. The summed E-state index contributed by atoms with van der Waals surface area (Å²) in [7, 11) is 0. The minimum Gasteiger partial charge on any atom is -0.486 e. The van der Waals surface area contributed by atoms with Crippen LogP contribution in [0.5, 0.6) is 11.5 Å². The molecule has 4 rings (SSSR count). The van der Waals surface area contributed by atoms with Gasteiger partial charge >= 0.3 is 0 Å². The van der Waals surface area contributed by atoms with E-state index < -0.39 is 0 Å². The van der Waals surface area contributed by atoms with Crippen molar-refractivity contribution in [1.29, 1.82) is 0 Å². The third kappa shape index (κ3) is 2.91. The summed E-state index contributed by atoms with van der Waals surface area (Å²) in [6, 6.07) is 10.8. The summed E-state index contributed by atoms with van der Waals surface area (Å²) in [5, 5.41) is 2.88. The molecule has 0 saturated heterocycles. The van der Waals surface area contributed by atoms with Crippen molar-refractivity contribution in [2.75, 3.05) is 30.0 Å². The lowest BCUT2D eigenvalue weighted by Crippen LogP contribution is -2.25. The molecule has 0 aliphatic carbocycles. The van der Waals surface area contributed by atoms with Crippen molar-refractivity contribution in [2.45, 2.75) is 13.3 Å². The summed E-state index contributed by atoms with van der Waals surface area (Å²) in [5.74, 6) is 1.15. The Balaban J connectivity index is 1.53. The summed E-state index contributed by atoms with van der Waals surface area (Å²) in [5.41, 5.74) is 3.13. The molecule has 2 aliphatic heterocycles. The lowest BCUT2D eigenvalue weighted by atomic mass is 10.1. The average Bonchev–Trinajstić information content (AvgIpc) is 3.05. The highest BCUT2D eigenvalue weighted by atomic mass is 16.6. The van der Waals surface area contributed by atoms with E-state index in [1.807, 2.05) is 12.1 Å². The molecule has 0 spiro atoms. The highest BCUT2D eigenvalue weighted by Crippen LogP contribution is 2.33. The van der Waals surface area contributed by atoms with Gasteiger partial charge in [-0.25, -0.2) is 0 Å². The number of anilines is 2. The van der Waals surface area contributed by atoms with Gasteiger partial charge in [0.05, 0.1) is 0 Å². The number of carbonyl (C=O) groups excluding carboxylic acids is 2. The van der Waals surface area contributed by atoms with Gasteiger partial charge in [0.15, 0.2) is 11.5 Å². The van der Waals surface area contributed by atoms with Crippen LogP contribution in [0, 0.1) is 0 Å². The molecule has 0 aromatic heterocycles. The number of fused-ring (bicyclic) bond motifs is 2. The van der Waals surface area contributed by atoms with Crippen LogP contribution in [-0.4, -0.2) is 31.6 Å². The molecule has 1 N–H and O–H groups in total. The summed E-state index contributed by atoms with van der Waals surface area (Å²) in [6.45, 7) is 3.25. The van der Waals surface area contributed by atoms with Crippen molar-refractivity contribution in [3.05, 3.63) is 47.5 Å². The van der Waals surface area contributed by atoms with Gasteiger partial charge in [0, 0.05) is 36.5 Å². The molecule has 0 bridgehead atoms. The standard InChI is InChI=1S/C19H18N2O4/c1-12(22)21-7-6-13-10-14(2-4-16(13)21)19(23)20-15-3-5-17-18(11-15)25-9-8-24-17/h2-5,10-11H,6-9H2,1H3,(H,20,23). The predicted molar refractivity (Wildman–Crippen MR) is 93.6 cm³/mol. The molecule has 0 atom stereocenters. The van der Waals surface area contributed by atoms with Gasteiger partial charge in [-0.1, -0.05) is 0 Å². The summed E-state index contributed by atoms with van der Waals surface area (Å²) in [6.07, 6.45) is 0.764. The number of benzene rings is 2. The fraction of sp³-hybridized carbons (Fsp3) is 0.263. The number of carbonyl (C=O) groups is 2. The maximum absolute atomic E-state index is 12.5. The van der Waals surface area contributed by atoms with E-state index in [4.69, 9.17) is 9.47 Å². The lowest BCUT2D eigenvalue weighted by molar-refractivity contribution is -0.116. The summed E-state index contributed by atoms with van der Waals surface area (Å²) in [4.78, 5) is 25.9. The van der Waals surface area contributed by atoms with Gasteiger partial charge in [-0.3, -0.25) is 9.59 Å². The number of ether oxygens (including phenoxy) is 2. The molecule has 2 aromatic carbocycles. The van der Waals surface area contributed by atoms with Crippen LogP contribution < -0.4 is 19.7 Å². The molecule has 6 nitrogen and oxygen atoms in total. The lowest BCUT2D eigenvalue weighted by Gasteiger charge is -2.19. The fourth-order valence-electron chi connectivity index (χ4n) is 3.19. The molecule has 0 fully saturated rings. The first kappa shape index (κ1) is 15.5. The van der Waals surface area contributed by atoms with Crippen LogP contribution in [0.1, 0.15) is 22.8 Å². The van der Waals surface area contributed by atoms with E-state index in [-0.39, 0.29) is 11.8 Å². The molecule has 0 radical (unpaired) electrons. The molecule has 25 heavy (non-hydrogen) atoms. The second-order valence-corrected chi connectivity index (χ2v) is 6.08. The Bertz CT molecular complexity index is 862. The first-order chi connectivity index (χ1) is 12.1. The molecule has 0 saturated carbocycles. The van der Waals surface area contributed by atoms with Crippen molar-refractivity contribution in [2.24, 2.45) is 0 Å². The van der Waals surface area contributed by atoms with Gasteiger partial charge in [-0.15, -0.1) is 0 Å². The average molecular weight is 338 g/mol. The van der Waals surface area contributed by atoms with E-state index in [0.717, 1.165) is 17.7 Å². The maximum Gasteiger partial charge on any atom is 0.255 e. The first-order valence-corrected chi connectivity index (χ1v) is 8.24. The molecule has 128 valence electrons. The topological polar surface area (TPSA) is 67.9 Å². The summed E-state index contributed by atoms with van der Waals surface area (Å²) >= 11 is 0. The van der Waals surface area contributed by atoms with Gasteiger partial charge in [0.2, 0.25) is 5.91 Å². The normalized spacial score (nSPS) is 14.8. The van der Waals surface area contributed by atoms with E-state index in [2.05, 4.69) is 5.32 Å². The van der Waals surface area contributed by atoms with E-state index in [1.165, 1.54) is 0 Å². The van der Waals surface area contributed by atoms with Crippen LogP contribution in [0.3, 0.4) is 0 Å². The number of amides is 2. The Morgan fingerprint density at radius 1 is 1.04 bits per heavy atom. The van der Waals surface area contributed by atoms with E-state index in [9.17, 15) is 9.59 Å². The Hall–Kier alpha value is -3.02.